The minimum Gasteiger partial charge on any atom is -0.451 e. The van der Waals surface area contributed by atoms with E-state index in [9.17, 15) is 14.7 Å². The number of benzene rings is 2. The van der Waals surface area contributed by atoms with Crippen molar-refractivity contribution < 1.29 is 14.3 Å². The van der Waals surface area contributed by atoms with E-state index in [4.69, 9.17) is 4.42 Å². The summed E-state index contributed by atoms with van der Waals surface area (Å²) in [6, 6.07) is 17.0. The number of fused-ring (bicyclic) bond motifs is 1. The van der Waals surface area contributed by atoms with Crippen molar-refractivity contribution in [3.05, 3.63) is 82.2 Å². The molecule has 1 heterocycles. The number of amides is 1. The zero-order chi connectivity index (χ0) is 16.9. The Balaban J connectivity index is 1.79. The van der Waals surface area contributed by atoms with Crippen molar-refractivity contribution >= 4 is 16.9 Å². The lowest BCUT2D eigenvalue weighted by atomic mass is 10.1. The second-order valence-electron chi connectivity index (χ2n) is 5.51. The van der Waals surface area contributed by atoms with Crippen molar-refractivity contribution in [2.45, 2.75) is 12.5 Å². The Labute approximate surface area is 138 Å². The summed E-state index contributed by atoms with van der Waals surface area (Å²) in [4.78, 5) is 24.4. The van der Waals surface area contributed by atoms with Gasteiger partial charge in [0.25, 0.3) is 5.91 Å². The highest BCUT2D eigenvalue weighted by Gasteiger charge is 2.17. The van der Waals surface area contributed by atoms with E-state index in [1.807, 2.05) is 30.3 Å². The molecule has 1 unspecified atom stereocenters. The van der Waals surface area contributed by atoms with Gasteiger partial charge in [-0.15, -0.1) is 0 Å². The van der Waals surface area contributed by atoms with E-state index < -0.39 is 11.9 Å². The van der Waals surface area contributed by atoms with Crippen LogP contribution in [-0.2, 0) is 6.42 Å². The number of rotatable bonds is 5. The Kier molecular flexibility index (Phi) is 4.72. The van der Waals surface area contributed by atoms with Crippen LogP contribution in [0, 0.1) is 0 Å². The van der Waals surface area contributed by atoms with E-state index in [2.05, 4.69) is 5.32 Å². The van der Waals surface area contributed by atoms with Crippen molar-refractivity contribution in [2.75, 3.05) is 6.61 Å². The molecule has 122 valence electrons. The molecule has 24 heavy (non-hydrogen) atoms. The number of nitrogens with one attached hydrogen (secondary N) is 1. The summed E-state index contributed by atoms with van der Waals surface area (Å²) >= 11 is 0. The van der Waals surface area contributed by atoms with Crippen LogP contribution >= 0.6 is 0 Å². The molecule has 2 N–H and O–H groups in total. The maximum absolute atomic E-state index is 12.3. The summed E-state index contributed by atoms with van der Waals surface area (Å²) in [6.45, 7) is -0.210. The van der Waals surface area contributed by atoms with Gasteiger partial charge in [-0.25, -0.2) is 0 Å². The molecule has 0 bridgehead atoms. The smallest absolute Gasteiger partial charge is 0.287 e. The van der Waals surface area contributed by atoms with Crippen molar-refractivity contribution in [2.24, 2.45) is 0 Å². The summed E-state index contributed by atoms with van der Waals surface area (Å²) in [5, 5.41) is 12.6. The molecule has 3 aromatic rings. The highest BCUT2D eigenvalue weighted by molar-refractivity contribution is 5.93. The Morgan fingerprint density at radius 1 is 1.08 bits per heavy atom. The number of para-hydroxylation sites is 1. The van der Waals surface area contributed by atoms with E-state index in [1.165, 1.54) is 6.07 Å². The predicted molar refractivity (Wildman–Crippen MR) is 91.0 cm³/mol. The number of carbonyl (C=O) groups excluding carboxylic acids is 1. The van der Waals surface area contributed by atoms with Gasteiger partial charge in [0.2, 0.25) is 0 Å². The maximum atomic E-state index is 12.3. The molecular formula is C19H17NO4. The standard InChI is InChI=1S/C19H17NO4/c21-12-14(10-13-6-2-1-3-7-13)20-19(23)18-11-16(22)15-8-4-5-9-17(15)24-18/h1-9,11,14,21H,10,12H2,(H,20,23). The zero-order valence-electron chi connectivity index (χ0n) is 12.9. The average molecular weight is 323 g/mol. The SMILES string of the molecule is O=C(NC(CO)Cc1ccccc1)c1cc(=O)c2ccccc2o1. The molecule has 0 saturated carbocycles. The summed E-state index contributed by atoms with van der Waals surface area (Å²) in [5.74, 6) is -0.585. The molecule has 0 saturated heterocycles. The van der Waals surface area contributed by atoms with Gasteiger partial charge in [0.15, 0.2) is 11.2 Å². The molecule has 1 atom stereocenters. The molecular weight excluding hydrogens is 306 g/mol. The molecule has 3 rings (SSSR count). The fourth-order valence-corrected chi connectivity index (χ4v) is 2.53. The first kappa shape index (κ1) is 16.0. The normalized spacial score (nSPS) is 12.0. The average Bonchev–Trinajstić information content (AvgIpc) is 2.62. The predicted octanol–water partition coefficient (Wildman–Crippen LogP) is 2.13. The molecule has 5 nitrogen and oxygen atoms in total. The number of carbonyl (C=O) groups is 1. The second kappa shape index (κ2) is 7.10. The van der Waals surface area contributed by atoms with Gasteiger partial charge in [0, 0.05) is 6.07 Å². The molecule has 1 amide bonds. The summed E-state index contributed by atoms with van der Waals surface area (Å²) in [6.07, 6.45) is 0.487. The molecule has 0 spiro atoms. The van der Waals surface area contributed by atoms with Crippen LogP contribution in [-0.4, -0.2) is 23.7 Å². The minimum atomic E-state index is -0.521. The van der Waals surface area contributed by atoms with Crippen molar-refractivity contribution in [3.8, 4) is 0 Å². The zero-order valence-corrected chi connectivity index (χ0v) is 12.9. The van der Waals surface area contributed by atoms with Gasteiger partial charge in [-0.05, 0) is 24.1 Å². The van der Waals surface area contributed by atoms with Gasteiger partial charge in [-0.1, -0.05) is 42.5 Å². The van der Waals surface area contributed by atoms with Crippen LogP contribution in [0.5, 0.6) is 0 Å². The van der Waals surface area contributed by atoms with Crippen LogP contribution in [0.25, 0.3) is 11.0 Å². The second-order valence-corrected chi connectivity index (χ2v) is 5.51. The van der Waals surface area contributed by atoms with Gasteiger partial charge in [0.1, 0.15) is 5.58 Å². The summed E-state index contributed by atoms with van der Waals surface area (Å²) in [5.41, 5.74) is 1.08. The summed E-state index contributed by atoms with van der Waals surface area (Å²) in [7, 11) is 0. The molecule has 5 heteroatoms. The number of hydrogen-bond donors (Lipinski definition) is 2. The van der Waals surface area contributed by atoms with Crippen LogP contribution in [0.15, 0.2) is 69.9 Å². The Hall–Kier alpha value is -2.92. The Morgan fingerprint density at radius 2 is 1.79 bits per heavy atom. The minimum absolute atomic E-state index is 0.0646. The molecule has 2 aromatic carbocycles. The Bertz CT molecular complexity index is 902. The number of aliphatic hydroxyl groups is 1. The number of hydrogen-bond acceptors (Lipinski definition) is 4. The molecule has 0 aliphatic rings. The van der Waals surface area contributed by atoms with Crippen molar-refractivity contribution in [1.82, 2.24) is 5.32 Å². The van der Waals surface area contributed by atoms with E-state index in [0.29, 0.717) is 17.4 Å². The lowest BCUT2D eigenvalue weighted by molar-refractivity contribution is 0.0889. The monoisotopic (exact) mass is 323 g/mol. The third kappa shape index (κ3) is 3.52. The first-order valence-electron chi connectivity index (χ1n) is 7.66. The molecule has 0 fully saturated rings. The van der Waals surface area contributed by atoms with Crippen LogP contribution in [0.4, 0.5) is 0 Å². The Morgan fingerprint density at radius 3 is 2.54 bits per heavy atom. The van der Waals surface area contributed by atoms with Gasteiger partial charge in [-0.2, -0.15) is 0 Å². The summed E-state index contributed by atoms with van der Waals surface area (Å²) < 4.78 is 5.51. The number of aliphatic hydroxyl groups excluding tert-OH is 1. The third-order valence-electron chi connectivity index (χ3n) is 3.74. The maximum Gasteiger partial charge on any atom is 0.287 e. The highest BCUT2D eigenvalue weighted by atomic mass is 16.3. The van der Waals surface area contributed by atoms with Crippen molar-refractivity contribution in [1.29, 1.82) is 0 Å². The van der Waals surface area contributed by atoms with Gasteiger partial charge < -0.3 is 14.8 Å². The van der Waals surface area contributed by atoms with E-state index >= 15 is 0 Å². The highest BCUT2D eigenvalue weighted by Crippen LogP contribution is 2.12. The van der Waals surface area contributed by atoms with Crippen LogP contribution in [0.3, 0.4) is 0 Å². The molecule has 0 aliphatic heterocycles. The molecule has 0 radical (unpaired) electrons. The lowest BCUT2D eigenvalue weighted by Crippen LogP contribution is -2.39. The quantitative estimate of drug-likeness (QED) is 0.754. The fraction of sp³-hybridized carbons (Fsp3) is 0.158. The molecule has 0 aliphatic carbocycles. The van der Waals surface area contributed by atoms with Crippen LogP contribution in [0.1, 0.15) is 16.1 Å². The van der Waals surface area contributed by atoms with E-state index in [0.717, 1.165) is 5.56 Å². The third-order valence-corrected chi connectivity index (χ3v) is 3.74. The van der Waals surface area contributed by atoms with Gasteiger partial charge >= 0.3 is 0 Å². The first-order chi connectivity index (χ1) is 11.7. The van der Waals surface area contributed by atoms with Gasteiger partial charge in [-0.3, -0.25) is 9.59 Å². The lowest BCUT2D eigenvalue weighted by Gasteiger charge is -2.16. The fourth-order valence-electron chi connectivity index (χ4n) is 2.53. The topological polar surface area (TPSA) is 79.5 Å². The van der Waals surface area contributed by atoms with Gasteiger partial charge in [0.05, 0.1) is 18.0 Å². The molecule has 1 aromatic heterocycles. The first-order valence-corrected chi connectivity index (χ1v) is 7.66. The van der Waals surface area contributed by atoms with E-state index in [-0.39, 0.29) is 17.8 Å². The van der Waals surface area contributed by atoms with E-state index in [1.54, 1.807) is 24.3 Å². The van der Waals surface area contributed by atoms with Crippen molar-refractivity contribution in [3.63, 3.8) is 0 Å². The van der Waals surface area contributed by atoms with Crippen LogP contribution < -0.4 is 10.7 Å². The van der Waals surface area contributed by atoms with Crippen LogP contribution in [0.2, 0.25) is 0 Å². The largest absolute Gasteiger partial charge is 0.451 e.